The van der Waals surface area contributed by atoms with Crippen molar-refractivity contribution >= 4 is 17.7 Å². The summed E-state index contributed by atoms with van der Waals surface area (Å²) in [5.41, 5.74) is 0.473. The van der Waals surface area contributed by atoms with Crippen molar-refractivity contribution in [3.8, 4) is 5.75 Å². The van der Waals surface area contributed by atoms with Crippen LogP contribution in [0.4, 0.5) is 0 Å². The molecule has 1 aliphatic heterocycles. The van der Waals surface area contributed by atoms with Crippen molar-refractivity contribution in [2.24, 2.45) is 5.92 Å². The summed E-state index contributed by atoms with van der Waals surface area (Å²) >= 11 is 0. The maximum atomic E-state index is 12.4. The van der Waals surface area contributed by atoms with Gasteiger partial charge in [0.25, 0.3) is 5.91 Å². The molecule has 0 aliphatic carbocycles. The van der Waals surface area contributed by atoms with Crippen LogP contribution in [0.3, 0.4) is 0 Å². The first-order valence-electron chi connectivity index (χ1n) is 8.92. The molecule has 1 N–H and O–H groups in total. The van der Waals surface area contributed by atoms with E-state index in [0.29, 0.717) is 31.0 Å². The Hall–Kier alpha value is -2.57. The van der Waals surface area contributed by atoms with E-state index in [4.69, 9.17) is 4.74 Å². The number of carbonyl (C=O) groups is 3. The molecule has 26 heavy (non-hydrogen) atoms. The average Bonchev–Trinajstić information content (AvgIpc) is 2.66. The summed E-state index contributed by atoms with van der Waals surface area (Å²) in [6, 6.07) is 6.78. The van der Waals surface area contributed by atoms with E-state index in [1.807, 2.05) is 6.92 Å². The first kappa shape index (κ1) is 19.8. The van der Waals surface area contributed by atoms with Gasteiger partial charge < -0.3 is 19.9 Å². The van der Waals surface area contributed by atoms with Gasteiger partial charge in [0, 0.05) is 32.7 Å². The molecule has 1 fully saturated rings. The monoisotopic (exact) mass is 361 g/mol. The minimum absolute atomic E-state index is 0.0425. The Morgan fingerprint density at radius 2 is 1.92 bits per heavy atom. The summed E-state index contributed by atoms with van der Waals surface area (Å²) in [5.74, 6) is 0.107. The van der Waals surface area contributed by atoms with Crippen LogP contribution in [-0.4, -0.2) is 67.9 Å². The number of piperidine rings is 1. The molecule has 142 valence electrons. The van der Waals surface area contributed by atoms with Crippen LogP contribution in [0, 0.1) is 5.92 Å². The van der Waals surface area contributed by atoms with E-state index >= 15 is 0 Å². The van der Waals surface area contributed by atoms with Gasteiger partial charge in [-0.1, -0.05) is 0 Å². The molecular weight excluding hydrogens is 334 g/mol. The van der Waals surface area contributed by atoms with Crippen LogP contribution in [0.25, 0.3) is 0 Å². The lowest BCUT2D eigenvalue weighted by molar-refractivity contribution is -0.138. The zero-order valence-corrected chi connectivity index (χ0v) is 15.7. The van der Waals surface area contributed by atoms with E-state index in [0.717, 1.165) is 12.8 Å². The van der Waals surface area contributed by atoms with Crippen LogP contribution in [-0.2, 0) is 9.59 Å². The highest BCUT2D eigenvalue weighted by Gasteiger charge is 2.29. The minimum Gasteiger partial charge on any atom is -0.494 e. The van der Waals surface area contributed by atoms with E-state index in [9.17, 15) is 14.4 Å². The maximum absolute atomic E-state index is 12.4. The van der Waals surface area contributed by atoms with Gasteiger partial charge in [-0.25, -0.2) is 0 Å². The molecule has 0 bridgehead atoms. The van der Waals surface area contributed by atoms with Crippen molar-refractivity contribution in [3.05, 3.63) is 29.8 Å². The van der Waals surface area contributed by atoms with Gasteiger partial charge >= 0.3 is 0 Å². The van der Waals surface area contributed by atoms with Crippen LogP contribution < -0.4 is 10.1 Å². The lowest BCUT2D eigenvalue weighted by Crippen LogP contribution is -2.48. The van der Waals surface area contributed by atoms with Crippen LogP contribution in [0.15, 0.2) is 24.3 Å². The summed E-state index contributed by atoms with van der Waals surface area (Å²) in [6.45, 7) is 3.41. The summed E-state index contributed by atoms with van der Waals surface area (Å²) in [6.07, 6.45) is 1.59. The standard InChI is InChI=1S/C19H27N3O4/c1-4-26-16-9-7-14(8-10-16)18(24)20-12-17(23)22-11-5-6-15(13-22)19(25)21(2)3/h7-10,15H,4-6,11-13H2,1-3H3,(H,20,24)/t15-/m0/s1. The van der Waals surface area contributed by atoms with Gasteiger partial charge in [0.05, 0.1) is 19.1 Å². The van der Waals surface area contributed by atoms with E-state index < -0.39 is 0 Å². The molecular formula is C19H27N3O4. The van der Waals surface area contributed by atoms with E-state index in [-0.39, 0.29) is 30.2 Å². The Kier molecular flexibility index (Phi) is 7.00. The molecule has 1 atom stereocenters. The number of carbonyl (C=O) groups excluding carboxylic acids is 3. The molecule has 2 rings (SSSR count). The lowest BCUT2D eigenvalue weighted by atomic mass is 9.96. The van der Waals surface area contributed by atoms with Gasteiger partial charge in [-0.3, -0.25) is 14.4 Å². The predicted molar refractivity (Wildman–Crippen MR) is 97.9 cm³/mol. The highest BCUT2D eigenvalue weighted by Crippen LogP contribution is 2.18. The zero-order valence-electron chi connectivity index (χ0n) is 15.7. The third-order valence-corrected chi connectivity index (χ3v) is 4.39. The molecule has 0 saturated carbocycles. The molecule has 1 saturated heterocycles. The number of likely N-dealkylation sites (tertiary alicyclic amines) is 1. The number of nitrogens with one attached hydrogen (secondary N) is 1. The van der Waals surface area contributed by atoms with Gasteiger partial charge in [0.1, 0.15) is 5.75 Å². The van der Waals surface area contributed by atoms with Gasteiger partial charge in [0.2, 0.25) is 11.8 Å². The molecule has 1 aromatic rings. The number of ether oxygens (including phenoxy) is 1. The van der Waals surface area contributed by atoms with Crippen molar-refractivity contribution in [1.29, 1.82) is 0 Å². The molecule has 3 amide bonds. The highest BCUT2D eigenvalue weighted by molar-refractivity contribution is 5.96. The molecule has 7 nitrogen and oxygen atoms in total. The Bertz CT molecular complexity index is 643. The number of amides is 3. The van der Waals surface area contributed by atoms with Crippen molar-refractivity contribution in [1.82, 2.24) is 15.1 Å². The molecule has 1 aliphatic rings. The van der Waals surface area contributed by atoms with Crippen molar-refractivity contribution < 1.29 is 19.1 Å². The summed E-state index contributed by atoms with van der Waals surface area (Å²) in [5, 5.41) is 2.65. The Labute approximate surface area is 154 Å². The van der Waals surface area contributed by atoms with Gasteiger partial charge in [-0.15, -0.1) is 0 Å². The van der Waals surface area contributed by atoms with Gasteiger partial charge in [-0.05, 0) is 44.0 Å². The lowest BCUT2D eigenvalue weighted by Gasteiger charge is -2.33. The molecule has 0 spiro atoms. The Morgan fingerprint density at radius 1 is 1.23 bits per heavy atom. The second kappa shape index (κ2) is 9.22. The summed E-state index contributed by atoms with van der Waals surface area (Å²) in [4.78, 5) is 39.9. The molecule has 1 heterocycles. The number of nitrogens with zero attached hydrogens (tertiary/aromatic N) is 2. The predicted octanol–water partition coefficient (Wildman–Crippen LogP) is 1.14. The van der Waals surface area contributed by atoms with Crippen LogP contribution in [0.1, 0.15) is 30.1 Å². The van der Waals surface area contributed by atoms with Crippen LogP contribution >= 0.6 is 0 Å². The van der Waals surface area contributed by atoms with E-state index in [2.05, 4.69) is 5.32 Å². The van der Waals surface area contributed by atoms with Crippen molar-refractivity contribution in [2.45, 2.75) is 19.8 Å². The van der Waals surface area contributed by atoms with Gasteiger partial charge in [-0.2, -0.15) is 0 Å². The number of hydrogen-bond acceptors (Lipinski definition) is 4. The minimum atomic E-state index is -0.306. The zero-order chi connectivity index (χ0) is 19.1. The first-order valence-corrected chi connectivity index (χ1v) is 8.92. The van der Waals surface area contributed by atoms with Crippen LogP contribution in [0.5, 0.6) is 5.75 Å². The number of hydrogen-bond donors (Lipinski definition) is 1. The fourth-order valence-corrected chi connectivity index (χ4v) is 3.01. The van der Waals surface area contributed by atoms with E-state index in [1.165, 1.54) is 0 Å². The molecule has 1 aromatic carbocycles. The average molecular weight is 361 g/mol. The molecule has 0 aromatic heterocycles. The van der Waals surface area contributed by atoms with Crippen LogP contribution in [0.2, 0.25) is 0 Å². The first-order chi connectivity index (χ1) is 12.4. The summed E-state index contributed by atoms with van der Waals surface area (Å²) in [7, 11) is 3.44. The largest absolute Gasteiger partial charge is 0.494 e. The fourth-order valence-electron chi connectivity index (χ4n) is 3.01. The second-order valence-electron chi connectivity index (χ2n) is 6.55. The van der Waals surface area contributed by atoms with Crippen molar-refractivity contribution in [3.63, 3.8) is 0 Å². The molecule has 0 radical (unpaired) electrons. The summed E-state index contributed by atoms with van der Waals surface area (Å²) < 4.78 is 5.34. The smallest absolute Gasteiger partial charge is 0.251 e. The third-order valence-electron chi connectivity index (χ3n) is 4.39. The topological polar surface area (TPSA) is 79.0 Å². The van der Waals surface area contributed by atoms with Gasteiger partial charge in [0.15, 0.2) is 0 Å². The molecule has 7 heteroatoms. The normalized spacial score (nSPS) is 16.7. The highest BCUT2D eigenvalue weighted by atomic mass is 16.5. The second-order valence-corrected chi connectivity index (χ2v) is 6.55. The van der Waals surface area contributed by atoms with E-state index in [1.54, 1.807) is 48.2 Å². The number of benzene rings is 1. The number of rotatable bonds is 6. The van der Waals surface area contributed by atoms with Crippen molar-refractivity contribution in [2.75, 3.05) is 40.3 Å². The Balaban J connectivity index is 1.85. The quantitative estimate of drug-likeness (QED) is 0.824. The Morgan fingerprint density at radius 3 is 2.54 bits per heavy atom. The maximum Gasteiger partial charge on any atom is 0.251 e. The third kappa shape index (κ3) is 5.21. The molecule has 0 unspecified atom stereocenters. The fraction of sp³-hybridized carbons (Fsp3) is 0.526. The SMILES string of the molecule is CCOc1ccc(C(=O)NCC(=O)N2CCC[C@H](C(=O)N(C)C)C2)cc1.